The van der Waals surface area contributed by atoms with Crippen LogP contribution in [0.3, 0.4) is 0 Å². The lowest BCUT2D eigenvalue weighted by Gasteiger charge is -2.39. The molecule has 0 saturated heterocycles. The van der Waals surface area contributed by atoms with Crippen molar-refractivity contribution in [1.82, 2.24) is 25.6 Å². The van der Waals surface area contributed by atoms with E-state index >= 15 is 0 Å². The molecule has 25 heavy (non-hydrogen) atoms. The Labute approximate surface area is 148 Å². The number of carbonyl (C=O) groups excluding carboxylic acids is 1. The van der Waals surface area contributed by atoms with Crippen LogP contribution in [0.25, 0.3) is 0 Å². The molecule has 0 aromatic carbocycles. The Morgan fingerprint density at radius 1 is 1.28 bits per heavy atom. The van der Waals surface area contributed by atoms with Gasteiger partial charge in [-0.2, -0.15) is 0 Å². The van der Waals surface area contributed by atoms with E-state index in [1.54, 1.807) is 18.6 Å². The molecule has 0 bridgehead atoms. The van der Waals surface area contributed by atoms with Gasteiger partial charge in [-0.25, -0.2) is 9.97 Å². The van der Waals surface area contributed by atoms with Gasteiger partial charge in [0.25, 0.3) is 5.91 Å². The van der Waals surface area contributed by atoms with Crippen molar-refractivity contribution in [3.8, 4) is 0 Å². The number of imidazole rings is 1. The zero-order valence-electron chi connectivity index (χ0n) is 15.4. The first-order chi connectivity index (χ1) is 11.7. The summed E-state index contributed by atoms with van der Waals surface area (Å²) in [7, 11) is 0. The second kappa shape index (κ2) is 7.76. The first-order valence-corrected chi connectivity index (χ1v) is 8.44. The number of nitrogens with two attached hydrogens (primary N) is 1. The second-order valence-corrected chi connectivity index (χ2v) is 7.30. The third kappa shape index (κ3) is 5.37. The third-order valence-electron chi connectivity index (χ3n) is 4.60. The first-order valence-electron chi connectivity index (χ1n) is 8.44. The molecule has 1 amide bonds. The number of amides is 1. The normalized spacial score (nSPS) is 12.2. The third-order valence-corrected chi connectivity index (χ3v) is 4.60. The Bertz CT molecular complexity index is 688. The zero-order chi connectivity index (χ0) is 18.5. The average molecular weight is 344 g/mol. The predicted octanol–water partition coefficient (Wildman–Crippen LogP) is 1.38. The maximum Gasteiger partial charge on any atom is 0.269 e. The van der Waals surface area contributed by atoms with Crippen molar-refractivity contribution < 1.29 is 4.79 Å². The van der Waals surface area contributed by atoms with Crippen molar-refractivity contribution in [1.29, 1.82) is 0 Å². The summed E-state index contributed by atoms with van der Waals surface area (Å²) in [5, 5.41) is 6.28. The lowest BCUT2D eigenvalue weighted by molar-refractivity contribution is 0.0948. The van der Waals surface area contributed by atoms with E-state index in [0.717, 1.165) is 11.4 Å². The van der Waals surface area contributed by atoms with Crippen LogP contribution >= 0.6 is 0 Å². The largest absolute Gasteiger partial charge is 0.350 e. The fraction of sp³-hybridized carbons (Fsp3) is 0.500. The standard InChI is InChI=1S/C18H28N6O/c1-17(2,19)18(3,4)23-11-14-6-5-7-15(24-14)16(25)21-9-8-13-10-20-12-22-13/h5-7,10,12,23H,8-9,11,19H2,1-4H3,(H,20,22)(H,21,25). The van der Waals surface area contributed by atoms with Crippen LogP contribution < -0.4 is 16.4 Å². The number of nitrogens with one attached hydrogen (secondary N) is 3. The first kappa shape index (κ1) is 19.1. The maximum atomic E-state index is 12.2. The Balaban J connectivity index is 1.90. The summed E-state index contributed by atoms with van der Waals surface area (Å²) in [5.74, 6) is -0.181. The number of aromatic amines is 1. The Kier molecular flexibility index (Phi) is 5.92. The molecule has 7 heteroatoms. The Morgan fingerprint density at radius 2 is 2.04 bits per heavy atom. The lowest BCUT2D eigenvalue weighted by Crippen LogP contribution is -2.60. The van der Waals surface area contributed by atoms with Crippen molar-refractivity contribution in [2.24, 2.45) is 5.73 Å². The molecule has 0 atom stereocenters. The van der Waals surface area contributed by atoms with Gasteiger partial charge >= 0.3 is 0 Å². The van der Waals surface area contributed by atoms with E-state index in [4.69, 9.17) is 5.73 Å². The van der Waals surface area contributed by atoms with Gasteiger partial charge in [0.1, 0.15) is 5.69 Å². The number of carbonyl (C=O) groups is 1. The highest BCUT2D eigenvalue weighted by atomic mass is 16.1. The van der Waals surface area contributed by atoms with Crippen LogP contribution in [-0.4, -0.2) is 38.5 Å². The van der Waals surface area contributed by atoms with Crippen LogP contribution in [0, 0.1) is 0 Å². The number of pyridine rings is 1. The highest BCUT2D eigenvalue weighted by molar-refractivity contribution is 5.92. The van der Waals surface area contributed by atoms with Crippen LogP contribution in [0.4, 0.5) is 0 Å². The summed E-state index contributed by atoms with van der Waals surface area (Å²) in [6.45, 7) is 9.15. The Hall–Kier alpha value is -2.25. The van der Waals surface area contributed by atoms with E-state index in [1.807, 2.05) is 26.0 Å². The van der Waals surface area contributed by atoms with Crippen molar-refractivity contribution in [2.75, 3.05) is 6.54 Å². The fourth-order valence-corrected chi connectivity index (χ4v) is 2.07. The van der Waals surface area contributed by atoms with Crippen molar-refractivity contribution in [3.63, 3.8) is 0 Å². The van der Waals surface area contributed by atoms with Crippen LogP contribution in [0.1, 0.15) is 49.6 Å². The summed E-state index contributed by atoms with van der Waals surface area (Å²) in [5.41, 5.74) is 7.75. The second-order valence-electron chi connectivity index (χ2n) is 7.30. The molecule has 7 nitrogen and oxygen atoms in total. The fourth-order valence-electron chi connectivity index (χ4n) is 2.07. The van der Waals surface area contributed by atoms with E-state index in [1.165, 1.54) is 0 Å². The Morgan fingerprint density at radius 3 is 2.68 bits per heavy atom. The van der Waals surface area contributed by atoms with Gasteiger partial charge in [-0.15, -0.1) is 0 Å². The van der Waals surface area contributed by atoms with Crippen LogP contribution in [0.15, 0.2) is 30.7 Å². The van der Waals surface area contributed by atoms with Gasteiger partial charge in [-0.3, -0.25) is 4.79 Å². The van der Waals surface area contributed by atoms with E-state index in [0.29, 0.717) is 25.2 Å². The smallest absolute Gasteiger partial charge is 0.269 e. The average Bonchev–Trinajstić information content (AvgIpc) is 3.05. The molecule has 0 spiro atoms. The molecular weight excluding hydrogens is 316 g/mol. The molecule has 0 unspecified atom stereocenters. The maximum absolute atomic E-state index is 12.2. The molecule has 0 aliphatic heterocycles. The number of hydrogen-bond acceptors (Lipinski definition) is 5. The van der Waals surface area contributed by atoms with Gasteiger partial charge in [0, 0.05) is 42.5 Å². The van der Waals surface area contributed by atoms with E-state index in [9.17, 15) is 4.79 Å². The van der Waals surface area contributed by atoms with Crippen LogP contribution in [0.2, 0.25) is 0 Å². The van der Waals surface area contributed by atoms with Gasteiger partial charge in [-0.05, 0) is 39.8 Å². The number of rotatable bonds is 8. The van der Waals surface area contributed by atoms with Crippen LogP contribution in [0.5, 0.6) is 0 Å². The molecule has 0 fully saturated rings. The minimum atomic E-state index is -0.380. The van der Waals surface area contributed by atoms with Gasteiger partial charge in [-0.1, -0.05) is 6.07 Å². The molecule has 0 aliphatic rings. The summed E-state index contributed by atoms with van der Waals surface area (Å²) in [6, 6.07) is 5.45. The quantitative estimate of drug-likeness (QED) is 0.578. The summed E-state index contributed by atoms with van der Waals surface area (Å²) in [6.07, 6.45) is 4.07. The molecule has 2 aromatic rings. The van der Waals surface area contributed by atoms with E-state index < -0.39 is 0 Å². The molecule has 2 rings (SSSR count). The van der Waals surface area contributed by atoms with E-state index in [-0.39, 0.29) is 17.0 Å². The minimum absolute atomic E-state index is 0.181. The molecule has 5 N–H and O–H groups in total. The predicted molar refractivity (Wildman–Crippen MR) is 98.0 cm³/mol. The molecule has 0 saturated carbocycles. The minimum Gasteiger partial charge on any atom is -0.350 e. The van der Waals surface area contributed by atoms with Gasteiger partial charge in [0.2, 0.25) is 0 Å². The lowest BCUT2D eigenvalue weighted by atomic mass is 9.83. The molecule has 136 valence electrons. The van der Waals surface area contributed by atoms with Crippen molar-refractivity contribution >= 4 is 5.91 Å². The molecule has 0 radical (unpaired) electrons. The van der Waals surface area contributed by atoms with Crippen molar-refractivity contribution in [2.45, 2.75) is 51.7 Å². The van der Waals surface area contributed by atoms with Gasteiger partial charge in [0.15, 0.2) is 0 Å². The highest BCUT2D eigenvalue weighted by Gasteiger charge is 2.32. The van der Waals surface area contributed by atoms with Gasteiger partial charge in [0.05, 0.1) is 12.0 Å². The zero-order valence-corrected chi connectivity index (χ0v) is 15.4. The SMILES string of the molecule is CC(C)(N)C(C)(C)NCc1cccc(C(=O)NCCc2cnc[nH]2)n1. The monoisotopic (exact) mass is 344 g/mol. The number of aromatic nitrogens is 3. The highest BCUT2D eigenvalue weighted by Crippen LogP contribution is 2.18. The summed E-state index contributed by atoms with van der Waals surface area (Å²) < 4.78 is 0. The number of H-pyrrole nitrogens is 1. The molecule has 0 aliphatic carbocycles. The molecule has 2 heterocycles. The van der Waals surface area contributed by atoms with Gasteiger partial charge < -0.3 is 21.4 Å². The van der Waals surface area contributed by atoms with E-state index in [2.05, 4.69) is 39.4 Å². The summed E-state index contributed by atoms with van der Waals surface area (Å²) >= 11 is 0. The summed E-state index contributed by atoms with van der Waals surface area (Å²) in [4.78, 5) is 23.6. The number of nitrogens with zero attached hydrogens (tertiary/aromatic N) is 2. The van der Waals surface area contributed by atoms with Crippen molar-refractivity contribution in [3.05, 3.63) is 47.8 Å². The molecule has 2 aromatic heterocycles. The molecular formula is C18H28N6O. The van der Waals surface area contributed by atoms with Crippen LogP contribution in [-0.2, 0) is 13.0 Å². The topological polar surface area (TPSA) is 109 Å². The number of hydrogen-bond donors (Lipinski definition) is 4.